The average molecular weight is 334 g/mol. The van der Waals surface area contributed by atoms with Crippen LogP contribution in [0.2, 0.25) is 0 Å². The van der Waals surface area contributed by atoms with Crippen LogP contribution < -0.4 is 5.32 Å². The van der Waals surface area contributed by atoms with Gasteiger partial charge in [-0.2, -0.15) is 0 Å². The summed E-state index contributed by atoms with van der Waals surface area (Å²) in [4.78, 5) is 14.3. The summed E-state index contributed by atoms with van der Waals surface area (Å²) in [6.07, 6.45) is 1.72. The first-order valence-electron chi connectivity index (χ1n) is 8.63. The maximum absolute atomic E-state index is 12.2. The number of rotatable bonds is 8. The molecule has 0 saturated carbocycles. The highest BCUT2D eigenvalue weighted by Gasteiger charge is 2.33. The molecule has 134 valence electrons. The number of benzene rings is 1. The van der Waals surface area contributed by atoms with Gasteiger partial charge in [0.25, 0.3) is 5.91 Å². The number of nitrogens with zero attached hydrogens (tertiary/aromatic N) is 1. The highest BCUT2D eigenvalue weighted by Crippen LogP contribution is 2.31. The summed E-state index contributed by atoms with van der Waals surface area (Å²) in [5.74, 6) is -0.0161. The smallest absolute Gasteiger partial charge is 0.251 e. The van der Waals surface area contributed by atoms with Crippen LogP contribution in [0.25, 0.3) is 0 Å². The second-order valence-electron chi connectivity index (χ2n) is 7.36. The lowest BCUT2D eigenvalue weighted by molar-refractivity contribution is -0.122. The molecule has 0 radical (unpaired) electrons. The summed E-state index contributed by atoms with van der Waals surface area (Å²) in [6.45, 7) is 7.18. The summed E-state index contributed by atoms with van der Waals surface area (Å²) in [6, 6.07) is 7.79. The Labute approximate surface area is 145 Å². The van der Waals surface area contributed by atoms with E-state index in [1.54, 1.807) is 0 Å². The van der Waals surface area contributed by atoms with Gasteiger partial charge in [0.05, 0.1) is 13.2 Å². The lowest BCUT2D eigenvalue weighted by Crippen LogP contribution is -2.32. The molecule has 5 heteroatoms. The number of hydrogen-bond donors (Lipinski definition) is 1. The van der Waals surface area contributed by atoms with Crippen LogP contribution in [0, 0.1) is 5.41 Å². The molecule has 2 rings (SSSR count). The molecule has 0 unspecified atom stereocenters. The third-order valence-electron chi connectivity index (χ3n) is 4.26. The van der Waals surface area contributed by atoms with Crippen molar-refractivity contribution in [3.05, 3.63) is 35.4 Å². The molecule has 1 amide bonds. The van der Waals surface area contributed by atoms with E-state index < -0.39 is 0 Å². The Hall–Kier alpha value is -1.43. The highest BCUT2D eigenvalue weighted by atomic mass is 16.7. The Balaban J connectivity index is 1.72. The summed E-state index contributed by atoms with van der Waals surface area (Å²) in [5.41, 5.74) is 1.88. The fraction of sp³-hybridized carbons (Fsp3) is 0.632. The van der Waals surface area contributed by atoms with Gasteiger partial charge in [-0.15, -0.1) is 0 Å². The van der Waals surface area contributed by atoms with Gasteiger partial charge in [-0.1, -0.05) is 26.0 Å². The second-order valence-corrected chi connectivity index (χ2v) is 7.36. The van der Waals surface area contributed by atoms with Crippen LogP contribution in [0.3, 0.4) is 0 Å². The zero-order valence-electron chi connectivity index (χ0n) is 15.3. The van der Waals surface area contributed by atoms with Gasteiger partial charge < -0.3 is 19.7 Å². The Bertz CT molecular complexity index is 520. The molecule has 0 bridgehead atoms. The standard InChI is InChI=1S/C19H30N2O3/c1-19(2,18-23-12-13-24-18)10-5-11-20-17(22)16-8-6-15(7-9-16)14-21(3)4/h6-9,18H,5,10-14H2,1-4H3,(H,20,22). The molecule has 1 heterocycles. The van der Waals surface area contributed by atoms with E-state index in [4.69, 9.17) is 9.47 Å². The van der Waals surface area contributed by atoms with Crippen molar-refractivity contribution < 1.29 is 14.3 Å². The maximum atomic E-state index is 12.2. The van der Waals surface area contributed by atoms with Crippen LogP contribution in [0.5, 0.6) is 0 Å². The van der Waals surface area contributed by atoms with Gasteiger partial charge in [-0.05, 0) is 44.6 Å². The molecule has 0 spiro atoms. The molecule has 1 N–H and O–H groups in total. The van der Waals surface area contributed by atoms with Crippen molar-refractivity contribution in [2.45, 2.75) is 39.5 Å². The van der Waals surface area contributed by atoms with Crippen molar-refractivity contribution >= 4 is 5.91 Å². The van der Waals surface area contributed by atoms with Crippen molar-refractivity contribution in [3.63, 3.8) is 0 Å². The van der Waals surface area contributed by atoms with Gasteiger partial charge >= 0.3 is 0 Å². The molecule has 1 fully saturated rings. The number of hydrogen-bond acceptors (Lipinski definition) is 4. The molecule has 0 aliphatic carbocycles. The molecule has 0 aromatic heterocycles. The van der Waals surface area contributed by atoms with E-state index in [0.29, 0.717) is 25.3 Å². The minimum atomic E-state index is -0.127. The van der Waals surface area contributed by atoms with E-state index in [2.05, 4.69) is 24.1 Å². The Morgan fingerprint density at radius 2 is 1.83 bits per heavy atom. The van der Waals surface area contributed by atoms with Crippen molar-refractivity contribution in [2.75, 3.05) is 33.9 Å². The topological polar surface area (TPSA) is 50.8 Å². The van der Waals surface area contributed by atoms with Gasteiger partial charge in [-0.3, -0.25) is 4.79 Å². The van der Waals surface area contributed by atoms with Crippen molar-refractivity contribution in [1.82, 2.24) is 10.2 Å². The Morgan fingerprint density at radius 1 is 1.21 bits per heavy atom. The van der Waals surface area contributed by atoms with Gasteiger partial charge in [-0.25, -0.2) is 0 Å². The minimum Gasteiger partial charge on any atom is -0.352 e. The first-order chi connectivity index (χ1) is 11.4. The highest BCUT2D eigenvalue weighted by molar-refractivity contribution is 5.94. The van der Waals surface area contributed by atoms with Crippen LogP contribution >= 0.6 is 0 Å². The van der Waals surface area contributed by atoms with Crippen LogP contribution in [0.15, 0.2) is 24.3 Å². The van der Waals surface area contributed by atoms with Gasteiger partial charge in [0, 0.05) is 24.1 Å². The zero-order valence-corrected chi connectivity index (χ0v) is 15.3. The van der Waals surface area contributed by atoms with E-state index in [-0.39, 0.29) is 17.6 Å². The summed E-state index contributed by atoms with van der Waals surface area (Å²) in [7, 11) is 4.06. The van der Waals surface area contributed by atoms with Crippen LogP contribution in [-0.4, -0.2) is 51.0 Å². The molecule has 5 nitrogen and oxygen atoms in total. The van der Waals surface area contributed by atoms with E-state index in [9.17, 15) is 4.79 Å². The summed E-state index contributed by atoms with van der Waals surface area (Å²) < 4.78 is 11.2. The van der Waals surface area contributed by atoms with Gasteiger partial charge in [0.2, 0.25) is 0 Å². The van der Waals surface area contributed by atoms with Crippen molar-refractivity contribution in [1.29, 1.82) is 0 Å². The van der Waals surface area contributed by atoms with E-state index in [1.807, 2.05) is 38.4 Å². The normalized spacial score (nSPS) is 15.9. The predicted molar refractivity (Wildman–Crippen MR) is 94.9 cm³/mol. The van der Waals surface area contributed by atoms with E-state index in [1.165, 1.54) is 5.56 Å². The fourth-order valence-corrected chi connectivity index (χ4v) is 2.90. The SMILES string of the molecule is CN(C)Cc1ccc(C(=O)NCCCC(C)(C)C2OCCO2)cc1. The quantitative estimate of drug-likeness (QED) is 0.743. The predicted octanol–water partition coefficient (Wildman–Crippen LogP) is 2.66. The maximum Gasteiger partial charge on any atom is 0.251 e. The van der Waals surface area contributed by atoms with E-state index >= 15 is 0 Å². The van der Waals surface area contributed by atoms with E-state index in [0.717, 1.165) is 19.4 Å². The number of amides is 1. The Kier molecular flexibility index (Phi) is 6.78. The molecular weight excluding hydrogens is 304 g/mol. The molecule has 1 aromatic carbocycles. The minimum absolute atomic E-state index is 0.0161. The molecule has 1 saturated heterocycles. The monoisotopic (exact) mass is 334 g/mol. The largest absolute Gasteiger partial charge is 0.352 e. The van der Waals surface area contributed by atoms with Crippen molar-refractivity contribution in [3.8, 4) is 0 Å². The third-order valence-corrected chi connectivity index (χ3v) is 4.26. The molecular formula is C19H30N2O3. The first kappa shape index (κ1) is 18.9. The summed E-state index contributed by atoms with van der Waals surface area (Å²) in [5, 5.41) is 2.99. The van der Waals surface area contributed by atoms with Crippen molar-refractivity contribution in [2.24, 2.45) is 5.41 Å². The van der Waals surface area contributed by atoms with Crippen LogP contribution in [0.1, 0.15) is 42.6 Å². The first-order valence-corrected chi connectivity index (χ1v) is 8.63. The molecule has 1 aromatic rings. The molecule has 1 aliphatic rings. The van der Waals surface area contributed by atoms with Gasteiger partial charge in [0.15, 0.2) is 6.29 Å². The molecule has 24 heavy (non-hydrogen) atoms. The van der Waals surface area contributed by atoms with Gasteiger partial charge in [0.1, 0.15) is 0 Å². The van der Waals surface area contributed by atoms with Crippen LogP contribution in [-0.2, 0) is 16.0 Å². The Morgan fingerprint density at radius 3 is 2.42 bits per heavy atom. The van der Waals surface area contributed by atoms with Crippen LogP contribution in [0.4, 0.5) is 0 Å². The number of ether oxygens (including phenoxy) is 2. The molecule has 0 atom stereocenters. The number of carbonyl (C=O) groups excluding carboxylic acids is 1. The lowest BCUT2D eigenvalue weighted by Gasteiger charge is -2.29. The lowest BCUT2D eigenvalue weighted by atomic mass is 9.87. The number of carbonyl (C=O) groups is 1. The zero-order chi connectivity index (χ0) is 17.6. The average Bonchev–Trinajstić information content (AvgIpc) is 3.07. The summed E-state index contributed by atoms with van der Waals surface area (Å²) >= 11 is 0. The molecule has 1 aliphatic heterocycles. The second kappa shape index (κ2) is 8.60. The third kappa shape index (κ3) is 5.58. The number of nitrogens with one attached hydrogen (secondary N) is 1. The fourth-order valence-electron chi connectivity index (χ4n) is 2.90.